The van der Waals surface area contributed by atoms with Gasteiger partial charge in [-0.2, -0.15) is 0 Å². The fourth-order valence-electron chi connectivity index (χ4n) is 3.63. The number of rotatable bonds is 15. The summed E-state index contributed by atoms with van der Waals surface area (Å²) in [7, 11) is 0. The first kappa shape index (κ1) is 28.8. The molecule has 0 aromatic carbocycles. The van der Waals surface area contributed by atoms with Gasteiger partial charge in [-0.05, 0) is 45.1 Å². The van der Waals surface area contributed by atoms with Crippen molar-refractivity contribution in [2.75, 3.05) is 13.1 Å². The van der Waals surface area contributed by atoms with Crippen molar-refractivity contribution in [3.05, 3.63) is 0 Å². The van der Waals surface area contributed by atoms with Gasteiger partial charge in [0.25, 0.3) is 0 Å². The molecule has 1 aliphatic rings. The van der Waals surface area contributed by atoms with Crippen LogP contribution in [0.15, 0.2) is 0 Å². The Kier molecular flexibility index (Phi) is 11.9. The van der Waals surface area contributed by atoms with E-state index in [2.05, 4.69) is 10.6 Å². The number of aliphatic carboxylic acids is 2. The van der Waals surface area contributed by atoms with Crippen molar-refractivity contribution >= 4 is 35.6 Å². The van der Waals surface area contributed by atoms with E-state index in [4.69, 9.17) is 22.3 Å². The maximum absolute atomic E-state index is 13.2. The van der Waals surface area contributed by atoms with E-state index >= 15 is 0 Å². The molecule has 10 N–H and O–H groups in total. The summed E-state index contributed by atoms with van der Waals surface area (Å²) in [6.45, 7) is 0.581. The van der Waals surface area contributed by atoms with Crippen molar-refractivity contribution in [1.82, 2.24) is 15.5 Å². The van der Waals surface area contributed by atoms with E-state index in [9.17, 15) is 33.9 Å². The summed E-state index contributed by atoms with van der Waals surface area (Å²) < 4.78 is 0. The zero-order valence-corrected chi connectivity index (χ0v) is 18.9. The van der Waals surface area contributed by atoms with E-state index in [1.807, 2.05) is 0 Å². The number of hydrogen-bond acceptors (Lipinski definition) is 8. The topological polar surface area (TPSA) is 248 Å². The van der Waals surface area contributed by atoms with Gasteiger partial charge in [0.2, 0.25) is 23.6 Å². The van der Waals surface area contributed by atoms with Crippen molar-refractivity contribution < 1.29 is 39.0 Å². The molecule has 1 aliphatic heterocycles. The van der Waals surface area contributed by atoms with Crippen LogP contribution in [-0.4, -0.2) is 87.9 Å². The highest BCUT2D eigenvalue weighted by Gasteiger charge is 2.39. The maximum atomic E-state index is 13.2. The predicted octanol–water partition coefficient (Wildman–Crippen LogP) is -2.77. The van der Waals surface area contributed by atoms with Crippen molar-refractivity contribution in [2.45, 2.75) is 75.5 Å². The first-order valence-electron chi connectivity index (χ1n) is 11.1. The SMILES string of the molecule is NCCCCC(NC(=O)C(N)CC(N)=O)C(=O)N1CCCC1C(=O)NC(CCC(=O)O)C(=O)O. The molecule has 0 bridgehead atoms. The number of primary amides is 1. The fraction of sp³-hybridized carbons (Fsp3) is 0.700. The van der Waals surface area contributed by atoms with Crippen LogP contribution in [0.5, 0.6) is 0 Å². The highest BCUT2D eigenvalue weighted by Crippen LogP contribution is 2.20. The summed E-state index contributed by atoms with van der Waals surface area (Å²) in [6.07, 6.45) is 0.871. The number of nitrogens with two attached hydrogens (primary N) is 3. The summed E-state index contributed by atoms with van der Waals surface area (Å²) >= 11 is 0. The first-order valence-corrected chi connectivity index (χ1v) is 11.1. The van der Waals surface area contributed by atoms with Gasteiger partial charge >= 0.3 is 11.9 Å². The average Bonchev–Trinajstić information content (AvgIpc) is 3.24. The lowest BCUT2D eigenvalue weighted by Crippen LogP contribution is -2.57. The number of carbonyl (C=O) groups excluding carboxylic acids is 4. The molecule has 34 heavy (non-hydrogen) atoms. The van der Waals surface area contributed by atoms with Crippen LogP contribution < -0.4 is 27.8 Å². The lowest BCUT2D eigenvalue weighted by Gasteiger charge is -2.30. The standard InChI is InChI=1S/C20H34N6O8/c21-8-2-1-4-12(24-17(30)11(22)10-15(23)27)19(32)26-9-3-5-14(26)18(31)25-13(20(33)34)6-7-16(28)29/h11-14H,1-10,21-22H2,(H2,23,27)(H,24,30)(H,25,31)(H,28,29)(H,33,34). The number of carboxylic acids is 2. The third kappa shape index (κ3) is 9.31. The Balaban J connectivity index is 2.94. The number of carbonyl (C=O) groups is 6. The molecule has 1 heterocycles. The zero-order valence-electron chi connectivity index (χ0n) is 18.9. The number of hydrogen-bond donors (Lipinski definition) is 7. The molecule has 14 heteroatoms. The summed E-state index contributed by atoms with van der Waals surface area (Å²) in [5.74, 6) is -5.39. The van der Waals surface area contributed by atoms with E-state index in [-0.39, 0.29) is 25.8 Å². The Morgan fingerprint density at radius 1 is 1.00 bits per heavy atom. The molecular formula is C20H34N6O8. The number of amides is 4. The fourth-order valence-corrected chi connectivity index (χ4v) is 3.63. The third-order valence-corrected chi connectivity index (χ3v) is 5.42. The van der Waals surface area contributed by atoms with Crippen molar-refractivity contribution in [2.24, 2.45) is 17.2 Å². The summed E-state index contributed by atoms with van der Waals surface area (Å²) in [5, 5.41) is 22.9. The van der Waals surface area contributed by atoms with Gasteiger partial charge in [0, 0.05) is 13.0 Å². The van der Waals surface area contributed by atoms with Crippen molar-refractivity contribution in [1.29, 1.82) is 0 Å². The number of carboxylic acid groups (broad SMARTS) is 2. The second-order valence-corrected chi connectivity index (χ2v) is 8.14. The molecule has 0 aromatic rings. The quantitative estimate of drug-likeness (QED) is 0.117. The molecule has 14 nitrogen and oxygen atoms in total. The second-order valence-electron chi connectivity index (χ2n) is 8.14. The van der Waals surface area contributed by atoms with Crippen LogP contribution in [0.2, 0.25) is 0 Å². The van der Waals surface area contributed by atoms with E-state index in [0.717, 1.165) is 0 Å². The Hall–Kier alpha value is -3.26. The smallest absolute Gasteiger partial charge is 0.326 e. The molecule has 4 amide bonds. The predicted molar refractivity (Wildman–Crippen MR) is 118 cm³/mol. The van der Waals surface area contributed by atoms with Crippen molar-refractivity contribution in [3.63, 3.8) is 0 Å². The number of unbranched alkanes of at least 4 members (excludes halogenated alkanes) is 1. The molecule has 0 saturated carbocycles. The van der Waals surface area contributed by atoms with Crippen LogP contribution >= 0.6 is 0 Å². The largest absolute Gasteiger partial charge is 0.481 e. The molecule has 4 unspecified atom stereocenters. The first-order chi connectivity index (χ1) is 16.0. The van der Waals surface area contributed by atoms with Gasteiger partial charge in [-0.3, -0.25) is 24.0 Å². The molecule has 0 spiro atoms. The van der Waals surface area contributed by atoms with Crippen LogP contribution in [0, 0.1) is 0 Å². The van der Waals surface area contributed by atoms with Crippen LogP contribution in [0.3, 0.4) is 0 Å². The highest BCUT2D eigenvalue weighted by molar-refractivity contribution is 5.95. The molecule has 1 fully saturated rings. The molecular weight excluding hydrogens is 452 g/mol. The van der Waals surface area contributed by atoms with E-state index in [1.54, 1.807) is 0 Å². The molecule has 0 aliphatic carbocycles. The third-order valence-electron chi connectivity index (χ3n) is 5.42. The minimum atomic E-state index is -1.42. The summed E-state index contributed by atoms with van der Waals surface area (Å²) in [4.78, 5) is 72.8. The van der Waals surface area contributed by atoms with E-state index in [0.29, 0.717) is 25.8 Å². The van der Waals surface area contributed by atoms with Gasteiger partial charge in [-0.25, -0.2) is 4.79 Å². The van der Waals surface area contributed by atoms with Crippen molar-refractivity contribution in [3.8, 4) is 0 Å². The Morgan fingerprint density at radius 3 is 2.24 bits per heavy atom. The summed E-state index contributed by atoms with van der Waals surface area (Å²) in [6, 6.07) is -4.68. The highest BCUT2D eigenvalue weighted by atomic mass is 16.4. The van der Waals surface area contributed by atoms with E-state index in [1.165, 1.54) is 4.90 Å². The number of nitrogens with zero attached hydrogens (tertiary/aromatic N) is 1. The second kappa shape index (κ2) is 14.1. The van der Waals surface area contributed by atoms with Gasteiger partial charge in [0.05, 0.1) is 12.5 Å². The number of nitrogens with one attached hydrogen (secondary N) is 2. The Labute approximate surface area is 196 Å². The summed E-state index contributed by atoms with van der Waals surface area (Å²) in [5.41, 5.74) is 16.2. The minimum absolute atomic E-state index is 0.209. The number of likely N-dealkylation sites (tertiary alicyclic amines) is 1. The minimum Gasteiger partial charge on any atom is -0.481 e. The monoisotopic (exact) mass is 486 g/mol. The maximum Gasteiger partial charge on any atom is 0.326 e. The van der Waals surface area contributed by atoms with Crippen LogP contribution in [-0.2, 0) is 28.8 Å². The van der Waals surface area contributed by atoms with Gasteiger partial charge in [-0.1, -0.05) is 0 Å². The Bertz CT molecular complexity index is 776. The van der Waals surface area contributed by atoms with Crippen LogP contribution in [0.1, 0.15) is 51.4 Å². The van der Waals surface area contributed by atoms with Crippen LogP contribution in [0.4, 0.5) is 0 Å². The van der Waals surface area contributed by atoms with Gasteiger partial charge in [0.1, 0.15) is 18.1 Å². The Morgan fingerprint density at radius 2 is 1.68 bits per heavy atom. The molecule has 0 aromatic heterocycles. The molecule has 0 radical (unpaired) electrons. The lowest BCUT2D eigenvalue weighted by molar-refractivity contribution is -0.145. The van der Waals surface area contributed by atoms with Gasteiger partial charge < -0.3 is 42.9 Å². The van der Waals surface area contributed by atoms with Gasteiger partial charge in [0.15, 0.2) is 0 Å². The van der Waals surface area contributed by atoms with E-state index < -0.39 is 72.6 Å². The molecule has 1 saturated heterocycles. The normalized spacial score (nSPS) is 17.9. The van der Waals surface area contributed by atoms with Crippen LogP contribution in [0.25, 0.3) is 0 Å². The average molecular weight is 487 g/mol. The molecule has 192 valence electrons. The molecule has 4 atom stereocenters. The molecule has 1 rings (SSSR count). The lowest BCUT2D eigenvalue weighted by atomic mass is 10.1. The van der Waals surface area contributed by atoms with Gasteiger partial charge in [-0.15, -0.1) is 0 Å². The zero-order chi connectivity index (χ0) is 25.8.